The van der Waals surface area contributed by atoms with Gasteiger partial charge in [-0.05, 0) is 44.1 Å². The molecule has 4 rings (SSSR count). The van der Waals surface area contributed by atoms with Crippen molar-refractivity contribution in [2.24, 2.45) is 5.92 Å². The monoisotopic (exact) mass is 425 g/mol. The Bertz CT molecular complexity index is 796. The number of rotatable bonds is 6. The molecular formula is C25H35N3O3. The summed E-state index contributed by atoms with van der Waals surface area (Å²) in [6.07, 6.45) is 6.03. The maximum atomic E-state index is 13.4. The van der Waals surface area contributed by atoms with Gasteiger partial charge in [-0.15, -0.1) is 0 Å². The zero-order chi connectivity index (χ0) is 21.8. The Balaban J connectivity index is 1.35. The van der Waals surface area contributed by atoms with Crippen LogP contribution in [0.3, 0.4) is 0 Å². The Labute approximate surface area is 185 Å². The van der Waals surface area contributed by atoms with Gasteiger partial charge in [0, 0.05) is 45.6 Å². The first-order chi connectivity index (χ1) is 15.0. The van der Waals surface area contributed by atoms with Gasteiger partial charge in [0.25, 0.3) is 0 Å². The van der Waals surface area contributed by atoms with E-state index >= 15 is 0 Å². The second-order valence-electron chi connectivity index (χ2n) is 9.37. The number of nitrogens with zero attached hydrogens (tertiary/aromatic N) is 3. The second-order valence-corrected chi connectivity index (χ2v) is 9.37. The molecule has 0 bridgehead atoms. The van der Waals surface area contributed by atoms with E-state index in [0.717, 1.165) is 57.3 Å². The molecule has 0 aromatic heterocycles. The van der Waals surface area contributed by atoms with E-state index in [1.807, 2.05) is 47.1 Å². The van der Waals surface area contributed by atoms with Crippen LogP contribution in [0.4, 0.5) is 0 Å². The average molecular weight is 426 g/mol. The lowest BCUT2D eigenvalue weighted by molar-refractivity contribution is -0.136. The fourth-order valence-corrected chi connectivity index (χ4v) is 5.48. The minimum Gasteiger partial charge on any atom is -0.343 e. The van der Waals surface area contributed by atoms with Crippen LogP contribution in [0, 0.1) is 5.92 Å². The van der Waals surface area contributed by atoms with E-state index in [4.69, 9.17) is 0 Å². The van der Waals surface area contributed by atoms with Gasteiger partial charge in [-0.2, -0.15) is 0 Å². The number of hydrogen-bond donors (Lipinski definition) is 0. The molecule has 168 valence electrons. The fraction of sp³-hybridized carbons (Fsp3) is 0.640. The SMILES string of the molecule is CC(C(=O)N1CCCC[C@H]2CN(C(=O)CCCN3CCCC3=O)C[C@H]21)c1ccccc1. The summed E-state index contributed by atoms with van der Waals surface area (Å²) in [4.78, 5) is 44.0. The summed E-state index contributed by atoms with van der Waals surface area (Å²) >= 11 is 0. The number of amides is 3. The van der Waals surface area contributed by atoms with Crippen molar-refractivity contribution in [3.8, 4) is 0 Å². The molecule has 3 amide bonds. The number of benzene rings is 1. The number of hydrogen-bond acceptors (Lipinski definition) is 3. The molecule has 6 nitrogen and oxygen atoms in total. The Morgan fingerprint density at radius 3 is 2.61 bits per heavy atom. The molecule has 3 heterocycles. The van der Waals surface area contributed by atoms with E-state index in [0.29, 0.717) is 31.8 Å². The molecule has 0 N–H and O–H groups in total. The first-order valence-corrected chi connectivity index (χ1v) is 12.0. The molecular weight excluding hydrogens is 390 g/mol. The van der Waals surface area contributed by atoms with Crippen LogP contribution < -0.4 is 0 Å². The van der Waals surface area contributed by atoms with Gasteiger partial charge in [0.15, 0.2) is 0 Å². The fourth-order valence-electron chi connectivity index (χ4n) is 5.48. The van der Waals surface area contributed by atoms with Gasteiger partial charge in [0.1, 0.15) is 0 Å². The highest BCUT2D eigenvalue weighted by Crippen LogP contribution is 2.32. The van der Waals surface area contributed by atoms with Crippen molar-refractivity contribution in [3.05, 3.63) is 35.9 Å². The van der Waals surface area contributed by atoms with Gasteiger partial charge in [-0.3, -0.25) is 14.4 Å². The summed E-state index contributed by atoms with van der Waals surface area (Å²) in [6.45, 7) is 5.71. The van der Waals surface area contributed by atoms with Crippen molar-refractivity contribution in [2.75, 3.05) is 32.7 Å². The average Bonchev–Trinajstić information content (AvgIpc) is 3.34. The summed E-state index contributed by atoms with van der Waals surface area (Å²) in [7, 11) is 0. The van der Waals surface area contributed by atoms with Crippen LogP contribution in [0.15, 0.2) is 30.3 Å². The van der Waals surface area contributed by atoms with E-state index in [1.54, 1.807) is 0 Å². The topological polar surface area (TPSA) is 60.9 Å². The molecule has 3 atom stereocenters. The van der Waals surface area contributed by atoms with Crippen LogP contribution in [-0.4, -0.2) is 71.2 Å². The van der Waals surface area contributed by atoms with Crippen LogP contribution in [0.5, 0.6) is 0 Å². The molecule has 3 fully saturated rings. The highest BCUT2D eigenvalue weighted by molar-refractivity contribution is 5.84. The minimum atomic E-state index is -0.164. The molecule has 0 radical (unpaired) electrons. The summed E-state index contributed by atoms with van der Waals surface area (Å²) in [6, 6.07) is 10.1. The van der Waals surface area contributed by atoms with Gasteiger partial charge in [-0.25, -0.2) is 0 Å². The zero-order valence-electron chi connectivity index (χ0n) is 18.7. The van der Waals surface area contributed by atoms with Crippen molar-refractivity contribution >= 4 is 17.7 Å². The van der Waals surface area contributed by atoms with Crippen LogP contribution in [0.2, 0.25) is 0 Å². The van der Waals surface area contributed by atoms with Crippen LogP contribution in [0.25, 0.3) is 0 Å². The molecule has 3 aliphatic heterocycles. The van der Waals surface area contributed by atoms with E-state index in [1.165, 1.54) is 0 Å². The number of carbonyl (C=O) groups is 3. The lowest BCUT2D eigenvalue weighted by Crippen LogP contribution is -2.46. The minimum absolute atomic E-state index is 0.130. The first-order valence-electron chi connectivity index (χ1n) is 12.0. The first kappa shape index (κ1) is 21.8. The van der Waals surface area contributed by atoms with Crippen molar-refractivity contribution in [1.29, 1.82) is 0 Å². The van der Waals surface area contributed by atoms with Crippen molar-refractivity contribution < 1.29 is 14.4 Å². The van der Waals surface area contributed by atoms with E-state index < -0.39 is 0 Å². The maximum Gasteiger partial charge on any atom is 0.230 e. The van der Waals surface area contributed by atoms with Gasteiger partial charge < -0.3 is 14.7 Å². The molecule has 0 aliphatic carbocycles. The standard InChI is InChI=1S/C25H35N3O3/c1-19(20-9-3-2-4-10-20)25(31)28-16-6-5-11-21-17-27(18-22(21)28)24(30)13-8-15-26-14-7-12-23(26)29/h2-4,9-10,19,21-22H,5-8,11-18H2,1H3/t19?,21-,22+/m0/s1. The molecule has 31 heavy (non-hydrogen) atoms. The Morgan fingerprint density at radius 1 is 1.06 bits per heavy atom. The molecule has 0 spiro atoms. The van der Waals surface area contributed by atoms with E-state index in [2.05, 4.69) is 4.90 Å². The second kappa shape index (κ2) is 9.84. The summed E-state index contributed by atoms with van der Waals surface area (Å²) in [5.74, 6) is 0.784. The van der Waals surface area contributed by atoms with Crippen LogP contribution >= 0.6 is 0 Å². The van der Waals surface area contributed by atoms with Gasteiger partial charge in [-0.1, -0.05) is 36.8 Å². The quantitative estimate of drug-likeness (QED) is 0.704. The highest BCUT2D eigenvalue weighted by Gasteiger charge is 2.42. The van der Waals surface area contributed by atoms with Crippen molar-refractivity contribution in [2.45, 2.75) is 63.8 Å². The largest absolute Gasteiger partial charge is 0.343 e. The van der Waals surface area contributed by atoms with E-state index in [9.17, 15) is 14.4 Å². The summed E-state index contributed by atoms with van der Waals surface area (Å²) in [5, 5.41) is 0. The zero-order valence-corrected chi connectivity index (χ0v) is 18.7. The molecule has 1 aromatic carbocycles. The Hall–Kier alpha value is -2.37. The molecule has 0 saturated carbocycles. The predicted molar refractivity (Wildman–Crippen MR) is 119 cm³/mol. The molecule has 3 aliphatic rings. The molecule has 1 aromatic rings. The number of fused-ring (bicyclic) bond motifs is 1. The summed E-state index contributed by atoms with van der Waals surface area (Å²) < 4.78 is 0. The molecule has 3 saturated heterocycles. The Kier molecular flexibility index (Phi) is 6.93. The third-order valence-corrected chi connectivity index (χ3v) is 7.33. The molecule has 6 heteroatoms. The van der Waals surface area contributed by atoms with Gasteiger partial charge in [0.05, 0.1) is 12.0 Å². The summed E-state index contributed by atoms with van der Waals surface area (Å²) in [5.41, 5.74) is 1.05. The Morgan fingerprint density at radius 2 is 1.87 bits per heavy atom. The lowest BCUT2D eigenvalue weighted by atomic mass is 9.95. The smallest absolute Gasteiger partial charge is 0.230 e. The third kappa shape index (κ3) is 4.94. The third-order valence-electron chi connectivity index (χ3n) is 7.33. The lowest BCUT2D eigenvalue weighted by Gasteiger charge is -2.32. The van der Waals surface area contributed by atoms with Crippen molar-refractivity contribution in [1.82, 2.24) is 14.7 Å². The van der Waals surface area contributed by atoms with Crippen molar-refractivity contribution in [3.63, 3.8) is 0 Å². The van der Waals surface area contributed by atoms with Crippen LogP contribution in [-0.2, 0) is 14.4 Å². The highest BCUT2D eigenvalue weighted by atomic mass is 16.2. The maximum absolute atomic E-state index is 13.4. The molecule has 1 unspecified atom stereocenters. The number of likely N-dealkylation sites (tertiary alicyclic amines) is 3. The van der Waals surface area contributed by atoms with Gasteiger partial charge in [0.2, 0.25) is 17.7 Å². The predicted octanol–water partition coefficient (Wildman–Crippen LogP) is 3.03. The van der Waals surface area contributed by atoms with E-state index in [-0.39, 0.29) is 29.7 Å². The normalized spacial score (nSPS) is 24.8. The number of carbonyl (C=O) groups excluding carboxylic acids is 3. The van der Waals surface area contributed by atoms with Crippen LogP contribution in [0.1, 0.15) is 63.4 Å². The van der Waals surface area contributed by atoms with Gasteiger partial charge >= 0.3 is 0 Å².